The monoisotopic (exact) mass is 228 g/mol. The van der Waals surface area contributed by atoms with Crippen LogP contribution in [0.2, 0.25) is 0 Å². The molecular formula is C11H16O3S. The molecule has 15 heavy (non-hydrogen) atoms. The molecule has 1 aromatic carbocycles. The summed E-state index contributed by atoms with van der Waals surface area (Å²) in [4.78, 5) is 0.206. The standard InChI is InChI=1S/C11H16O3S/c1-9-6-5-7-10(8-9)15(12,13)14-11(2,3)4/h5-8H,1-4H3. The molecule has 0 radical (unpaired) electrons. The van der Waals surface area contributed by atoms with Crippen molar-refractivity contribution in [3.8, 4) is 0 Å². The largest absolute Gasteiger partial charge is 0.297 e. The Balaban J connectivity index is 3.07. The zero-order valence-corrected chi connectivity index (χ0v) is 10.3. The van der Waals surface area contributed by atoms with Crippen LogP contribution in [0.25, 0.3) is 0 Å². The van der Waals surface area contributed by atoms with Crippen LogP contribution in [0.3, 0.4) is 0 Å². The molecule has 0 saturated carbocycles. The Morgan fingerprint density at radius 1 is 1.20 bits per heavy atom. The molecular weight excluding hydrogens is 212 g/mol. The van der Waals surface area contributed by atoms with Crippen LogP contribution in [0, 0.1) is 6.92 Å². The van der Waals surface area contributed by atoms with Gasteiger partial charge >= 0.3 is 0 Å². The van der Waals surface area contributed by atoms with Gasteiger partial charge in [-0.05, 0) is 45.4 Å². The Morgan fingerprint density at radius 3 is 2.27 bits per heavy atom. The van der Waals surface area contributed by atoms with E-state index in [9.17, 15) is 8.42 Å². The summed E-state index contributed by atoms with van der Waals surface area (Å²) in [6.45, 7) is 6.97. The fraction of sp³-hybridized carbons (Fsp3) is 0.455. The topological polar surface area (TPSA) is 43.4 Å². The summed E-state index contributed by atoms with van der Waals surface area (Å²) in [6, 6.07) is 6.68. The number of benzene rings is 1. The maximum atomic E-state index is 11.8. The third-order valence-corrected chi connectivity index (χ3v) is 3.19. The van der Waals surface area contributed by atoms with Crippen LogP contribution in [-0.2, 0) is 14.3 Å². The molecule has 0 heterocycles. The molecule has 1 rings (SSSR count). The molecule has 4 heteroatoms. The highest BCUT2D eigenvalue weighted by Gasteiger charge is 2.23. The average molecular weight is 228 g/mol. The minimum atomic E-state index is -3.64. The van der Waals surface area contributed by atoms with Gasteiger partial charge in [-0.15, -0.1) is 0 Å². The number of rotatable bonds is 2. The van der Waals surface area contributed by atoms with Crippen LogP contribution < -0.4 is 0 Å². The highest BCUT2D eigenvalue weighted by Crippen LogP contribution is 2.20. The summed E-state index contributed by atoms with van der Waals surface area (Å²) in [7, 11) is -3.64. The summed E-state index contributed by atoms with van der Waals surface area (Å²) >= 11 is 0. The summed E-state index contributed by atoms with van der Waals surface area (Å²) in [5.41, 5.74) is 0.191. The van der Waals surface area contributed by atoms with Crippen molar-refractivity contribution in [2.24, 2.45) is 0 Å². The highest BCUT2D eigenvalue weighted by atomic mass is 32.2. The second kappa shape index (κ2) is 3.94. The Morgan fingerprint density at radius 2 is 1.80 bits per heavy atom. The van der Waals surface area contributed by atoms with Gasteiger partial charge in [0, 0.05) is 0 Å². The van der Waals surface area contributed by atoms with Crippen LogP contribution in [0.5, 0.6) is 0 Å². The SMILES string of the molecule is Cc1cccc(S(=O)(=O)OC(C)(C)C)c1. The first-order chi connectivity index (χ1) is 6.71. The van der Waals surface area contributed by atoms with Crippen LogP contribution in [0.1, 0.15) is 26.3 Å². The summed E-state index contributed by atoms with van der Waals surface area (Å²) in [5.74, 6) is 0. The summed E-state index contributed by atoms with van der Waals surface area (Å²) in [6.07, 6.45) is 0. The van der Waals surface area contributed by atoms with Gasteiger partial charge in [-0.1, -0.05) is 12.1 Å². The third-order valence-electron chi connectivity index (χ3n) is 1.64. The Kier molecular flexibility index (Phi) is 3.21. The van der Waals surface area contributed by atoms with E-state index in [1.54, 1.807) is 32.9 Å². The molecule has 0 spiro atoms. The third kappa shape index (κ3) is 3.64. The van der Waals surface area contributed by atoms with E-state index >= 15 is 0 Å². The van der Waals surface area contributed by atoms with Crippen LogP contribution in [0.4, 0.5) is 0 Å². The lowest BCUT2D eigenvalue weighted by molar-refractivity contribution is 0.139. The second-order valence-electron chi connectivity index (χ2n) is 4.47. The van der Waals surface area contributed by atoms with Gasteiger partial charge in [-0.3, -0.25) is 4.18 Å². The maximum absolute atomic E-state index is 11.8. The molecule has 0 unspecified atom stereocenters. The van der Waals surface area contributed by atoms with E-state index < -0.39 is 15.7 Å². The van der Waals surface area contributed by atoms with Gasteiger partial charge in [-0.2, -0.15) is 8.42 Å². The van der Waals surface area contributed by atoms with E-state index in [-0.39, 0.29) is 4.90 Å². The first-order valence-corrected chi connectivity index (χ1v) is 6.14. The lowest BCUT2D eigenvalue weighted by Gasteiger charge is -2.18. The van der Waals surface area contributed by atoms with E-state index in [0.717, 1.165) is 5.56 Å². The van der Waals surface area contributed by atoms with Gasteiger partial charge in [-0.25, -0.2) is 0 Å². The molecule has 0 aliphatic rings. The zero-order chi connectivity index (χ0) is 11.7. The minimum Gasteiger partial charge on any atom is -0.261 e. The van der Waals surface area contributed by atoms with Gasteiger partial charge in [0.2, 0.25) is 0 Å². The highest BCUT2D eigenvalue weighted by molar-refractivity contribution is 7.86. The van der Waals surface area contributed by atoms with Gasteiger partial charge in [0.1, 0.15) is 0 Å². The van der Waals surface area contributed by atoms with Gasteiger partial charge in [0.05, 0.1) is 10.5 Å². The average Bonchev–Trinajstić information content (AvgIpc) is 1.99. The quantitative estimate of drug-likeness (QED) is 0.730. The second-order valence-corrected chi connectivity index (χ2v) is 6.01. The number of aryl methyl sites for hydroxylation is 1. The molecule has 0 bridgehead atoms. The number of hydrogen-bond donors (Lipinski definition) is 0. The van der Waals surface area contributed by atoms with Gasteiger partial charge in [0.25, 0.3) is 10.1 Å². The van der Waals surface area contributed by atoms with Crippen molar-refractivity contribution in [2.45, 2.75) is 38.2 Å². The predicted molar refractivity (Wildman–Crippen MR) is 59.2 cm³/mol. The molecule has 1 aromatic rings. The van der Waals surface area contributed by atoms with Crippen molar-refractivity contribution in [3.63, 3.8) is 0 Å². The van der Waals surface area contributed by atoms with Crippen molar-refractivity contribution in [1.82, 2.24) is 0 Å². The van der Waals surface area contributed by atoms with Crippen molar-refractivity contribution in [3.05, 3.63) is 29.8 Å². The first-order valence-electron chi connectivity index (χ1n) is 4.73. The van der Waals surface area contributed by atoms with E-state index in [4.69, 9.17) is 4.18 Å². The minimum absolute atomic E-state index is 0.206. The Bertz CT molecular complexity index is 441. The van der Waals surface area contributed by atoms with Crippen molar-refractivity contribution < 1.29 is 12.6 Å². The maximum Gasteiger partial charge on any atom is 0.297 e. The lowest BCUT2D eigenvalue weighted by atomic mass is 10.2. The van der Waals surface area contributed by atoms with Crippen molar-refractivity contribution >= 4 is 10.1 Å². The van der Waals surface area contributed by atoms with E-state index in [1.807, 2.05) is 13.0 Å². The molecule has 0 saturated heterocycles. The van der Waals surface area contributed by atoms with Crippen LogP contribution in [0.15, 0.2) is 29.2 Å². The van der Waals surface area contributed by atoms with E-state index in [0.29, 0.717) is 0 Å². The first kappa shape index (κ1) is 12.2. The van der Waals surface area contributed by atoms with Crippen molar-refractivity contribution in [1.29, 1.82) is 0 Å². The molecule has 0 fully saturated rings. The van der Waals surface area contributed by atoms with Gasteiger partial charge < -0.3 is 0 Å². The molecule has 0 aliphatic carbocycles. The lowest BCUT2D eigenvalue weighted by Crippen LogP contribution is -2.24. The molecule has 84 valence electrons. The molecule has 0 N–H and O–H groups in total. The summed E-state index contributed by atoms with van der Waals surface area (Å²) < 4.78 is 28.6. The van der Waals surface area contributed by atoms with Crippen LogP contribution >= 0.6 is 0 Å². The van der Waals surface area contributed by atoms with Crippen LogP contribution in [-0.4, -0.2) is 14.0 Å². The fourth-order valence-corrected chi connectivity index (χ4v) is 2.48. The Labute approximate surface area is 91.2 Å². The van der Waals surface area contributed by atoms with Gasteiger partial charge in [0.15, 0.2) is 0 Å². The zero-order valence-electron chi connectivity index (χ0n) is 9.44. The normalized spacial score (nSPS) is 12.8. The summed E-state index contributed by atoms with van der Waals surface area (Å²) in [5, 5.41) is 0. The smallest absolute Gasteiger partial charge is 0.261 e. The van der Waals surface area contributed by atoms with Crippen molar-refractivity contribution in [2.75, 3.05) is 0 Å². The fourth-order valence-electron chi connectivity index (χ4n) is 1.15. The molecule has 0 amide bonds. The Hall–Kier alpha value is -0.870. The predicted octanol–water partition coefficient (Wildman–Crippen LogP) is 2.50. The molecule has 0 atom stereocenters. The molecule has 3 nitrogen and oxygen atoms in total. The molecule has 0 aromatic heterocycles. The molecule has 0 aliphatic heterocycles. The number of hydrogen-bond acceptors (Lipinski definition) is 3. The van der Waals surface area contributed by atoms with E-state index in [2.05, 4.69) is 0 Å². The van der Waals surface area contributed by atoms with E-state index in [1.165, 1.54) is 6.07 Å².